The van der Waals surface area contributed by atoms with Crippen molar-refractivity contribution in [3.8, 4) is 0 Å². The Morgan fingerprint density at radius 2 is 1.88 bits per heavy atom. The van der Waals surface area contributed by atoms with Crippen molar-refractivity contribution < 1.29 is 22.0 Å². The van der Waals surface area contributed by atoms with Crippen molar-refractivity contribution in [1.29, 1.82) is 0 Å². The van der Waals surface area contributed by atoms with Crippen LogP contribution >= 0.6 is 0 Å². The van der Waals surface area contributed by atoms with Crippen LogP contribution in [0, 0.1) is 6.92 Å². The summed E-state index contributed by atoms with van der Waals surface area (Å²) >= 11 is 0. The summed E-state index contributed by atoms with van der Waals surface area (Å²) in [6.45, 7) is -0.0191. The maximum absolute atomic E-state index is 12.5. The van der Waals surface area contributed by atoms with Gasteiger partial charge in [0.1, 0.15) is 0 Å². The summed E-state index contributed by atoms with van der Waals surface area (Å²) in [6, 6.07) is 1.49. The molecular formula is C8H8F5N3. The van der Waals surface area contributed by atoms with Crippen molar-refractivity contribution in [3.05, 3.63) is 18.0 Å². The van der Waals surface area contributed by atoms with Crippen molar-refractivity contribution in [2.75, 3.05) is 11.9 Å². The topological polar surface area (TPSA) is 37.8 Å². The molecule has 90 valence electrons. The van der Waals surface area contributed by atoms with E-state index in [1.165, 1.54) is 12.3 Å². The first kappa shape index (κ1) is 12.6. The summed E-state index contributed by atoms with van der Waals surface area (Å²) in [5, 5.41) is 1.84. The van der Waals surface area contributed by atoms with Crippen LogP contribution in [0.5, 0.6) is 0 Å². The predicted octanol–water partition coefficient (Wildman–Crippen LogP) is 2.39. The van der Waals surface area contributed by atoms with Crippen LogP contribution in [0.15, 0.2) is 12.3 Å². The zero-order valence-electron chi connectivity index (χ0n) is 8.15. The van der Waals surface area contributed by atoms with Crippen molar-refractivity contribution in [2.45, 2.75) is 19.0 Å². The second kappa shape index (κ2) is 4.18. The number of nitrogens with zero attached hydrogens (tertiary/aromatic N) is 2. The molecule has 1 heterocycles. The Bertz CT molecular complexity index is 363. The molecule has 0 fully saturated rings. The third-order valence-corrected chi connectivity index (χ3v) is 1.68. The number of aromatic nitrogens is 2. The molecule has 0 atom stereocenters. The van der Waals surface area contributed by atoms with Crippen LogP contribution in [0.3, 0.4) is 0 Å². The van der Waals surface area contributed by atoms with Crippen LogP contribution in [0.1, 0.15) is 5.69 Å². The van der Waals surface area contributed by atoms with Gasteiger partial charge in [0.05, 0.1) is 6.54 Å². The van der Waals surface area contributed by atoms with Crippen LogP contribution in [0.2, 0.25) is 0 Å². The largest absolute Gasteiger partial charge is 0.455 e. The van der Waals surface area contributed by atoms with Gasteiger partial charge in [-0.1, -0.05) is 0 Å². The van der Waals surface area contributed by atoms with Gasteiger partial charge in [-0.2, -0.15) is 22.0 Å². The summed E-state index contributed by atoms with van der Waals surface area (Å²) in [6.07, 6.45) is -4.32. The van der Waals surface area contributed by atoms with E-state index in [1.807, 2.05) is 5.32 Å². The minimum absolute atomic E-state index is 0.260. The van der Waals surface area contributed by atoms with Crippen molar-refractivity contribution in [3.63, 3.8) is 0 Å². The van der Waals surface area contributed by atoms with Crippen LogP contribution < -0.4 is 5.32 Å². The SMILES string of the molecule is Cc1ccnc(NCC(F)(F)C(F)(F)F)n1. The number of hydrogen-bond donors (Lipinski definition) is 1. The molecule has 0 amide bonds. The Balaban J connectivity index is 2.65. The maximum atomic E-state index is 12.5. The minimum atomic E-state index is -5.58. The van der Waals surface area contributed by atoms with Gasteiger partial charge in [-0.25, -0.2) is 9.97 Å². The lowest BCUT2D eigenvalue weighted by Gasteiger charge is -2.19. The van der Waals surface area contributed by atoms with E-state index in [1.54, 1.807) is 6.92 Å². The van der Waals surface area contributed by atoms with Crippen molar-refractivity contribution in [1.82, 2.24) is 9.97 Å². The molecule has 16 heavy (non-hydrogen) atoms. The normalized spacial score (nSPS) is 12.6. The third-order valence-electron chi connectivity index (χ3n) is 1.68. The molecule has 0 aliphatic heterocycles. The van der Waals surface area contributed by atoms with Gasteiger partial charge in [0.25, 0.3) is 0 Å². The quantitative estimate of drug-likeness (QED) is 0.825. The Labute approximate surface area is 87.7 Å². The zero-order valence-corrected chi connectivity index (χ0v) is 8.15. The van der Waals surface area contributed by atoms with Crippen molar-refractivity contribution in [2.24, 2.45) is 0 Å². The lowest BCUT2D eigenvalue weighted by Crippen LogP contribution is -2.42. The molecule has 0 saturated carbocycles. The van der Waals surface area contributed by atoms with Gasteiger partial charge in [0.2, 0.25) is 5.95 Å². The monoisotopic (exact) mass is 241 g/mol. The molecule has 0 aliphatic rings. The average molecular weight is 241 g/mol. The van der Waals surface area contributed by atoms with E-state index < -0.39 is 18.6 Å². The van der Waals surface area contributed by atoms with E-state index in [0.717, 1.165) is 0 Å². The molecule has 8 heteroatoms. The highest BCUT2D eigenvalue weighted by molar-refractivity contribution is 5.25. The van der Waals surface area contributed by atoms with E-state index in [4.69, 9.17) is 0 Å². The first-order chi connectivity index (χ1) is 7.22. The highest BCUT2D eigenvalue weighted by Gasteiger charge is 2.57. The van der Waals surface area contributed by atoms with Crippen LogP contribution in [-0.4, -0.2) is 28.6 Å². The highest BCUT2D eigenvalue weighted by Crippen LogP contribution is 2.35. The number of halogens is 5. The number of nitrogens with one attached hydrogen (secondary N) is 1. The molecule has 0 aliphatic carbocycles. The lowest BCUT2D eigenvalue weighted by atomic mass is 10.3. The molecule has 0 aromatic carbocycles. The average Bonchev–Trinajstić information content (AvgIpc) is 2.13. The van der Waals surface area contributed by atoms with Gasteiger partial charge in [-0.15, -0.1) is 0 Å². The molecule has 0 spiro atoms. The highest BCUT2D eigenvalue weighted by atomic mass is 19.4. The Hall–Kier alpha value is -1.47. The molecule has 0 bridgehead atoms. The fourth-order valence-electron chi connectivity index (χ4n) is 0.824. The number of hydrogen-bond acceptors (Lipinski definition) is 3. The van der Waals surface area contributed by atoms with Gasteiger partial charge in [0.15, 0.2) is 0 Å². The second-order valence-electron chi connectivity index (χ2n) is 3.08. The molecular weight excluding hydrogens is 233 g/mol. The third kappa shape index (κ3) is 3.01. The smallest absolute Gasteiger partial charge is 0.348 e. The van der Waals surface area contributed by atoms with Crippen molar-refractivity contribution >= 4 is 5.95 Å². The zero-order chi connectivity index (χ0) is 12.4. The van der Waals surface area contributed by atoms with Gasteiger partial charge >= 0.3 is 12.1 Å². The summed E-state index contributed by atoms with van der Waals surface area (Å²) in [5.74, 6) is -5.07. The van der Waals surface area contributed by atoms with E-state index >= 15 is 0 Å². The molecule has 0 unspecified atom stereocenters. The van der Waals surface area contributed by atoms with Crippen LogP contribution in [0.25, 0.3) is 0 Å². The first-order valence-corrected chi connectivity index (χ1v) is 4.20. The Kier molecular flexibility index (Phi) is 3.30. The standard InChI is InChI=1S/C8H8F5N3/c1-5-2-3-14-6(16-5)15-4-7(9,10)8(11,12)13/h2-3H,4H2,1H3,(H,14,15,16). The minimum Gasteiger partial charge on any atom is -0.348 e. The lowest BCUT2D eigenvalue weighted by molar-refractivity contribution is -0.275. The van der Waals surface area contributed by atoms with E-state index in [0.29, 0.717) is 5.69 Å². The number of anilines is 1. The molecule has 1 rings (SSSR count). The van der Waals surface area contributed by atoms with Gasteiger partial charge in [-0.3, -0.25) is 0 Å². The number of aryl methyl sites for hydroxylation is 1. The summed E-state index contributed by atoms with van der Waals surface area (Å²) in [4.78, 5) is 7.14. The number of alkyl halides is 5. The van der Waals surface area contributed by atoms with Crippen LogP contribution in [-0.2, 0) is 0 Å². The molecule has 3 nitrogen and oxygen atoms in total. The predicted molar refractivity (Wildman–Crippen MR) is 46.3 cm³/mol. The summed E-state index contributed by atoms with van der Waals surface area (Å²) in [5.41, 5.74) is 0.466. The maximum Gasteiger partial charge on any atom is 0.455 e. The summed E-state index contributed by atoms with van der Waals surface area (Å²) < 4.78 is 60.3. The Morgan fingerprint density at radius 1 is 1.25 bits per heavy atom. The van der Waals surface area contributed by atoms with Gasteiger partial charge in [0, 0.05) is 11.9 Å². The molecule has 1 aromatic rings. The second-order valence-corrected chi connectivity index (χ2v) is 3.08. The Morgan fingerprint density at radius 3 is 2.38 bits per heavy atom. The van der Waals surface area contributed by atoms with E-state index in [9.17, 15) is 22.0 Å². The molecule has 0 saturated heterocycles. The van der Waals surface area contributed by atoms with Gasteiger partial charge in [-0.05, 0) is 13.0 Å². The fourth-order valence-corrected chi connectivity index (χ4v) is 0.824. The summed E-state index contributed by atoms with van der Waals surface area (Å²) in [7, 11) is 0. The van der Waals surface area contributed by atoms with Gasteiger partial charge < -0.3 is 5.32 Å². The number of rotatable bonds is 3. The molecule has 0 radical (unpaired) electrons. The van der Waals surface area contributed by atoms with E-state index in [-0.39, 0.29) is 5.95 Å². The molecule has 1 aromatic heterocycles. The van der Waals surface area contributed by atoms with Crippen LogP contribution in [0.4, 0.5) is 27.9 Å². The first-order valence-electron chi connectivity index (χ1n) is 4.20. The molecule has 1 N–H and O–H groups in total. The van der Waals surface area contributed by atoms with E-state index in [2.05, 4.69) is 9.97 Å². The fraction of sp³-hybridized carbons (Fsp3) is 0.500.